The second-order valence-electron chi connectivity index (χ2n) is 6.17. The van der Waals surface area contributed by atoms with Gasteiger partial charge in [0.15, 0.2) is 5.78 Å². The van der Waals surface area contributed by atoms with Crippen LogP contribution in [0.15, 0.2) is 15.9 Å². The van der Waals surface area contributed by atoms with Crippen molar-refractivity contribution in [3.63, 3.8) is 0 Å². The van der Waals surface area contributed by atoms with Gasteiger partial charge in [-0.05, 0) is 65.8 Å². The van der Waals surface area contributed by atoms with Gasteiger partial charge in [0.05, 0.1) is 15.2 Å². The van der Waals surface area contributed by atoms with Gasteiger partial charge >= 0.3 is 0 Å². The van der Waals surface area contributed by atoms with Crippen LogP contribution in [0.2, 0.25) is 0 Å². The topological polar surface area (TPSA) is 20.3 Å². The van der Waals surface area contributed by atoms with E-state index in [2.05, 4.69) is 48.5 Å². The van der Waals surface area contributed by atoms with E-state index in [0.29, 0.717) is 18.4 Å². The molecule has 0 bridgehead atoms. The van der Waals surface area contributed by atoms with Crippen molar-refractivity contribution in [3.8, 4) is 0 Å². The van der Waals surface area contributed by atoms with Crippen LogP contribution in [0.5, 0.6) is 0 Å². The van der Waals surface area contributed by atoms with E-state index in [9.17, 15) is 4.79 Å². The van der Waals surface area contributed by atoms with E-state index in [1.165, 1.54) is 11.3 Å². The molecule has 0 aromatic carbocycles. The third-order valence-electron chi connectivity index (χ3n) is 3.26. The van der Waals surface area contributed by atoms with E-state index in [-0.39, 0.29) is 5.78 Å². The van der Waals surface area contributed by atoms with Gasteiger partial charge in [0.25, 0.3) is 0 Å². The molecule has 0 spiro atoms. The van der Waals surface area contributed by atoms with E-state index < -0.39 is 0 Å². The number of nitrogens with zero attached hydrogens (tertiary/aromatic N) is 1. The van der Waals surface area contributed by atoms with Crippen molar-refractivity contribution in [2.24, 2.45) is 11.8 Å². The van der Waals surface area contributed by atoms with Gasteiger partial charge in [-0.1, -0.05) is 27.7 Å². The first-order valence-corrected chi connectivity index (χ1v) is 9.00. The van der Waals surface area contributed by atoms with Crippen molar-refractivity contribution >= 4 is 33.0 Å². The summed E-state index contributed by atoms with van der Waals surface area (Å²) in [6, 6.07) is 3.87. The third kappa shape index (κ3) is 7.00. The fourth-order valence-corrected chi connectivity index (χ4v) is 3.21. The summed E-state index contributed by atoms with van der Waals surface area (Å²) in [6.45, 7) is 11.5. The number of halogens is 1. The molecular weight excluding hydrogens is 334 g/mol. The lowest BCUT2D eigenvalue weighted by molar-refractivity contribution is 0.0927. The SMILES string of the molecule is CC(C)CCN(CCC(C)C)CC(=O)c1ccc(Br)s1. The molecular formula is C16H26BrNOS. The maximum Gasteiger partial charge on any atom is 0.186 e. The lowest BCUT2D eigenvalue weighted by Gasteiger charge is -2.23. The van der Waals surface area contributed by atoms with Crippen molar-refractivity contribution in [1.29, 1.82) is 0 Å². The monoisotopic (exact) mass is 359 g/mol. The Balaban J connectivity index is 2.55. The summed E-state index contributed by atoms with van der Waals surface area (Å²) in [4.78, 5) is 15.5. The van der Waals surface area contributed by atoms with Gasteiger partial charge in [-0.3, -0.25) is 9.69 Å². The zero-order chi connectivity index (χ0) is 15.1. The molecule has 2 nitrogen and oxygen atoms in total. The molecule has 0 radical (unpaired) electrons. The molecule has 0 aliphatic rings. The zero-order valence-corrected chi connectivity index (χ0v) is 15.4. The fourth-order valence-electron chi connectivity index (χ4n) is 1.90. The molecule has 0 amide bonds. The highest BCUT2D eigenvalue weighted by Crippen LogP contribution is 2.22. The average Bonchev–Trinajstić information content (AvgIpc) is 2.79. The van der Waals surface area contributed by atoms with Crippen LogP contribution in [0.25, 0.3) is 0 Å². The maximum atomic E-state index is 12.3. The number of ketones is 1. The maximum absolute atomic E-state index is 12.3. The number of carbonyl (C=O) groups is 1. The third-order valence-corrected chi connectivity index (χ3v) is 4.93. The number of hydrogen-bond acceptors (Lipinski definition) is 3. The molecule has 0 N–H and O–H groups in total. The Kier molecular flexibility index (Phi) is 8.00. The minimum atomic E-state index is 0.244. The summed E-state index contributed by atoms with van der Waals surface area (Å²) in [6.07, 6.45) is 2.30. The molecule has 0 unspecified atom stereocenters. The molecule has 0 aliphatic heterocycles. The first-order chi connectivity index (χ1) is 9.38. The van der Waals surface area contributed by atoms with Crippen molar-refractivity contribution in [3.05, 3.63) is 20.8 Å². The van der Waals surface area contributed by atoms with E-state index in [1.54, 1.807) is 0 Å². The summed E-state index contributed by atoms with van der Waals surface area (Å²) in [5, 5.41) is 0. The van der Waals surface area contributed by atoms with Gasteiger partial charge in [-0.2, -0.15) is 0 Å². The Labute approximate surface area is 135 Å². The van der Waals surface area contributed by atoms with Gasteiger partial charge in [0.1, 0.15) is 0 Å². The Bertz CT molecular complexity index is 402. The van der Waals surface area contributed by atoms with Gasteiger partial charge in [0.2, 0.25) is 0 Å². The minimum Gasteiger partial charge on any atom is -0.296 e. The van der Waals surface area contributed by atoms with Crippen molar-refractivity contribution in [2.45, 2.75) is 40.5 Å². The molecule has 0 saturated carbocycles. The summed E-state index contributed by atoms with van der Waals surface area (Å²) in [7, 11) is 0. The predicted octanol–water partition coefficient (Wildman–Crippen LogP) is 5.09. The first kappa shape index (κ1) is 17.9. The van der Waals surface area contributed by atoms with Crippen LogP contribution in [0, 0.1) is 11.8 Å². The molecule has 1 rings (SSSR count). The lowest BCUT2D eigenvalue weighted by atomic mass is 10.1. The minimum absolute atomic E-state index is 0.244. The van der Waals surface area contributed by atoms with Crippen molar-refractivity contribution < 1.29 is 4.79 Å². The largest absolute Gasteiger partial charge is 0.296 e. The lowest BCUT2D eigenvalue weighted by Crippen LogP contribution is -2.32. The second kappa shape index (κ2) is 8.96. The van der Waals surface area contributed by atoms with Gasteiger partial charge in [-0.25, -0.2) is 0 Å². The Hall–Kier alpha value is -0.190. The highest BCUT2D eigenvalue weighted by Gasteiger charge is 2.15. The summed E-state index contributed by atoms with van der Waals surface area (Å²) >= 11 is 4.95. The number of rotatable bonds is 9. The molecule has 114 valence electrons. The van der Waals surface area contributed by atoms with Crippen LogP contribution >= 0.6 is 27.3 Å². The molecule has 0 aliphatic carbocycles. The molecule has 0 saturated heterocycles. The fraction of sp³-hybridized carbons (Fsp3) is 0.688. The highest BCUT2D eigenvalue weighted by molar-refractivity contribution is 9.11. The molecule has 1 aromatic rings. The molecule has 0 fully saturated rings. The van der Waals surface area contributed by atoms with E-state index in [1.807, 2.05) is 12.1 Å². The number of hydrogen-bond donors (Lipinski definition) is 0. The Morgan fingerprint density at radius 1 is 1.15 bits per heavy atom. The summed E-state index contributed by atoms with van der Waals surface area (Å²) < 4.78 is 1.02. The molecule has 0 atom stereocenters. The van der Waals surface area contributed by atoms with E-state index in [0.717, 1.165) is 34.6 Å². The number of Topliss-reactive ketones (excluding diaryl/α,β-unsaturated/α-hetero) is 1. The molecule has 1 heterocycles. The van der Waals surface area contributed by atoms with Crippen molar-refractivity contribution in [2.75, 3.05) is 19.6 Å². The van der Waals surface area contributed by atoms with Crippen LogP contribution < -0.4 is 0 Å². The quantitative estimate of drug-likeness (QED) is 0.572. The standard InChI is InChI=1S/C16H26BrNOS/c1-12(2)7-9-18(10-8-13(3)4)11-14(19)15-5-6-16(17)20-15/h5-6,12-13H,7-11H2,1-4H3. The van der Waals surface area contributed by atoms with Gasteiger partial charge < -0.3 is 0 Å². The average molecular weight is 360 g/mol. The molecule has 4 heteroatoms. The van der Waals surface area contributed by atoms with E-state index in [4.69, 9.17) is 0 Å². The Morgan fingerprint density at radius 3 is 2.10 bits per heavy atom. The van der Waals surface area contributed by atoms with Crippen molar-refractivity contribution in [1.82, 2.24) is 4.90 Å². The van der Waals surface area contributed by atoms with E-state index >= 15 is 0 Å². The predicted molar refractivity (Wildman–Crippen MR) is 91.7 cm³/mol. The smallest absolute Gasteiger partial charge is 0.186 e. The van der Waals surface area contributed by atoms with Gasteiger partial charge in [0, 0.05) is 0 Å². The molecule has 1 aromatic heterocycles. The Morgan fingerprint density at radius 2 is 1.70 bits per heavy atom. The van der Waals surface area contributed by atoms with Crippen LogP contribution in [0.3, 0.4) is 0 Å². The zero-order valence-electron chi connectivity index (χ0n) is 13.0. The normalized spacial score (nSPS) is 11.8. The van der Waals surface area contributed by atoms with Crippen LogP contribution in [0.1, 0.15) is 50.2 Å². The van der Waals surface area contributed by atoms with Crippen LogP contribution in [-0.4, -0.2) is 30.3 Å². The summed E-state index contributed by atoms with van der Waals surface area (Å²) in [5.74, 6) is 1.61. The number of carbonyl (C=O) groups excluding carboxylic acids is 1. The van der Waals surface area contributed by atoms with Crippen LogP contribution in [-0.2, 0) is 0 Å². The summed E-state index contributed by atoms with van der Waals surface area (Å²) in [5.41, 5.74) is 0. The second-order valence-corrected chi connectivity index (χ2v) is 8.63. The highest BCUT2D eigenvalue weighted by atomic mass is 79.9. The number of thiophene rings is 1. The molecule has 20 heavy (non-hydrogen) atoms. The first-order valence-electron chi connectivity index (χ1n) is 7.39. The van der Waals surface area contributed by atoms with Crippen LogP contribution in [0.4, 0.5) is 0 Å². The van der Waals surface area contributed by atoms with Gasteiger partial charge in [-0.15, -0.1) is 11.3 Å².